The first-order valence-electron chi connectivity index (χ1n) is 8.32. The number of aromatic nitrogens is 2. The second-order valence-corrected chi connectivity index (χ2v) is 6.97. The largest absolute Gasteiger partial charge is 0.364 e. The Balaban J connectivity index is 1.68. The number of hydrogen-bond acceptors (Lipinski definition) is 4. The average Bonchev–Trinajstić information content (AvgIpc) is 3.11. The third kappa shape index (κ3) is 3.56. The Morgan fingerprint density at radius 1 is 1.22 bits per heavy atom. The third-order valence-corrected chi connectivity index (χ3v) is 5.01. The fourth-order valence-corrected chi connectivity index (χ4v) is 3.37. The van der Waals surface area contributed by atoms with Gasteiger partial charge in [0.2, 0.25) is 0 Å². The van der Waals surface area contributed by atoms with Crippen LogP contribution in [0.3, 0.4) is 0 Å². The lowest BCUT2D eigenvalue weighted by Gasteiger charge is -2.21. The first-order chi connectivity index (χ1) is 13.2. The molecule has 1 unspecified atom stereocenters. The zero-order valence-electron chi connectivity index (χ0n) is 14.2. The van der Waals surface area contributed by atoms with Gasteiger partial charge in [-0.25, -0.2) is 4.98 Å². The second kappa shape index (κ2) is 7.45. The molecule has 0 N–H and O–H groups in total. The van der Waals surface area contributed by atoms with E-state index < -0.39 is 6.10 Å². The minimum Gasteiger partial charge on any atom is -0.364 e. The van der Waals surface area contributed by atoms with Gasteiger partial charge in [0.05, 0.1) is 28.1 Å². The summed E-state index contributed by atoms with van der Waals surface area (Å²) in [5.74, 6) is 0. The Bertz CT molecular complexity index is 1130. The molecule has 6 heteroatoms. The Kier molecular flexibility index (Phi) is 4.87. The minimum absolute atomic E-state index is 0.411. The summed E-state index contributed by atoms with van der Waals surface area (Å²) in [4.78, 5) is 4.89. The number of fused-ring (bicyclic) bond motifs is 1. The first-order valence-corrected chi connectivity index (χ1v) is 9.10. The van der Waals surface area contributed by atoms with Crippen LogP contribution in [-0.4, -0.2) is 20.5 Å². The predicted octanol–water partition coefficient (Wildman–Crippen LogP) is 4.95. The smallest absolute Gasteiger partial charge is 0.115 e. The Morgan fingerprint density at radius 3 is 2.81 bits per heavy atom. The first kappa shape index (κ1) is 17.6. The lowest BCUT2D eigenvalue weighted by Crippen LogP contribution is -2.25. The summed E-state index contributed by atoms with van der Waals surface area (Å²) in [5, 5.41) is 10.1. The van der Waals surface area contributed by atoms with Gasteiger partial charge in [-0.15, -0.1) is 0 Å². The molecule has 0 amide bonds. The van der Waals surface area contributed by atoms with E-state index in [-0.39, 0.29) is 0 Å². The van der Waals surface area contributed by atoms with Crippen molar-refractivity contribution in [3.05, 3.63) is 83.2 Å². The molecule has 0 fully saturated rings. The fourth-order valence-electron chi connectivity index (χ4n) is 2.96. The Morgan fingerprint density at radius 2 is 2.04 bits per heavy atom. The van der Waals surface area contributed by atoms with Crippen molar-refractivity contribution in [2.24, 2.45) is 0 Å². The predicted molar refractivity (Wildman–Crippen MR) is 110 cm³/mol. The molecule has 0 radical (unpaired) electrons. The molecule has 27 heavy (non-hydrogen) atoms. The van der Waals surface area contributed by atoms with Gasteiger partial charge in [-0.1, -0.05) is 54.2 Å². The number of thiocarbonyl (C=S) groups is 1. The highest BCUT2D eigenvalue weighted by Gasteiger charge is 2.23. The molecule has 2 aromatic carbocycles. The lowest BCUT2D eigenvalue weighted by atomic mass is 10.0. The Labute approximate surface area is 167 Å². The Hall–Kier alpha value is -2.78. The normalized spacial score (nSPS) is 16.7. The molecular weight excluding hydrogens is 378 g/mol. The highest BCUT2D eigenvalue weighted by atomic mass is 35.5. The molecule has 1 aliphatic carbocycles. The molecule has 1 aromatic heterocycles. The summed E-state index contributed by atoms with van der Waals surface area (Å²) in [6.45, 7) is 0.411. The summed E-state index contributed by atoms with van der Waals surface area (Å²) in [6, 6.07) is 17.6. The van der Waals surface area contributed by atoms with Gasteiger partial charge in [0, 0.05) is 10.7 Å². The average molecular weight is 392 g/mol. The summed E-state index contributed by atoms with van der Waals surface area (Å²) in [5.41, 5.74) is 3.95. The van der Waals surface area contributed by atoms with Crippen LogP contribution in [-0.2, 0) is 11.3 Å². The highest BCUT2D eigenvalue weighted by Crippen LogP contribution is 2.27. The summed E-state index contributed by atoms with van der Waals surface area (Å²) in [7, 11) is 0. The molecule has 1 heterocycles. The van der Waals surface area contributed by atoms with Crippen LogP contribution in [0.4, 0.5) is 0 Å². The second-order valence-electron chi connectivity index (χ2n) is 6.09. The third-order valence-electron chi connectivity index (χ3n) is 4.32. The standard InChI is InChI=1S/C21H14ClN3OS/c22-16-6-7-19-18(9-16)24-13-25(19)17-8-15(11-23)21(27)20(10-17)26-12-14-4-2-1-3-5-14/h1-10,13,20H,12H2. The van der Waals surface area contributed by atoms with Gasteiger partial charge in [-0.05, 0) is 35.9 Å². The number of ether oxygens (including phenoxy) is 1. The van der Waals surface area contributed by atoms with E-state index >= 15 is 0 Å². The number of hydrogen-bond donors (Lipinski definition) is 0. The van der Waals surface area contributed by atoms with E-state index in [0.29, 0.717) is 22.1 Å². The molecule has 1 atom stereocenters. The lowest BCUT2D eigenvalue weighted by molar-refractivity contribution is 0.115. The van der Waals surface area contributed by atoms with E-state index in [1.54, 1.807) is 18.5 Å². The van der Waals surface area contributed by atoms with Crippen LogP contribution >= 0.6 is 23.8 Å². The van der Waals surface area contributed by atoms with Crippen molar-refractivity contribution in [3.8, 4) is 6.07 Å². The SMILES string of the molecule is N#CC1=CC(n2cnc3cc(Cl)ccc32)=CC(OCc2ccccc2)C1=S. The molecule has 0 bridgehead atoms. The minimum atomic E-state index is -0.459. The van der Waals surface area contributed by atoms with Crippen molar-refractivity contribution >= 4 is 45.4 Å². The van der Waals surface area contributed by atoms with Gasteiger partial charge in [0.15, 0.2) is 0 Å². The van der Waals surface area contributed by atoms with Gasteiger partial charge in [-0.3, -0.25) is 4.57 Å². The van der Waals surface area contributed by atoms with Crippen LogP contribution in [0.2, 0.25) is 5.02 Å². The number of rotatable bonds is 4. The van der Waals surface area contributed by atoms with Crippen LogP contribution in [0.1, 0.15) is 5.56 Å². The molecule has 3 aromatic rings. The zero-order chi connectivity index (χ0) is 18.8. The summed E-state index contributed by atoms with van der Waals surface area (Å²) >= 11 is 11.5. The molecule has 0 saturated carbocycles. The number of imidazole rings is 1. The molecule has 4 nitrogen and oxygen atoms in total. The molecular formula is C21H14ClN3OS. The molecule has 0 spiro atoms. The maximum Gasteiger partial charge on any atom is 0.115 e. The van der Waals surface area contributed by atoms with Crippen LogP contribution in [0.25, 0.3) is 16.7 Å². The van der Waals surface area contributed by atoms with Gasteiger partial charge < -0.3 is 4.74 Å². The quantitative estimate of drug-likeness (QED) is 0.590. The van der Waals surface area contributed by atoms with Crippen molar-refractivity contribution in [1.29, 1.82) is 5.26 Å². The van der Waals surface area contributed by atoms with Crippen molar-refractivity contribution in [2.75, 3.05) is 0 Å². The zero-order valence-corrected chi connectivity index (χ0v) is 15.7. The number of nitrogens with zero attached hydrogens (tertiary/aromatic N) is 3. The summed E-state index contributed by atoms with van der Waals surface area (Å²) in [6.07, 6.45) is 4.93. The van der Waals surface area contributed by atoms with Crippen LogP contribution in [0.15, 0.2) is 72.6 Å². The van der Waals surface area contributed by atoms with E-state index in [1.165, 1.54) is 0 Å². The highest BCUT2D eigenvalue weighted by molar-refractivity contribution is 7.81. The number of halogens is 1. The topological polar surface area (TPSA) is 50.8 Å². The monoisotopic (exact) mass is 391 g/mol. The maximum absolute atomic E-state index is 9.50. The van der Waals surface area contributed by atoms with E-state index in [2.05, 4.69) is 11.1 Å². The maximum atomic E-state index is 9.50. The van der Waals surface area contributed by atoms with Gasteiger partial charge in [-0.2, -0.15) is 5.26 Å². The van der Waals surface area contributed by atoms with Gasteiger partial charge in [0.1, 0.15) is 18.5 Å². The number of nitriles is 1. The molecule has 1 aliphatic rings. The van der Waals surface area contributed by atoms with Crippen LogP contribution in [0, 0.1) is 11.3 Å². The van der Waals surface area contributed by atoms with Crippen LogP contribution < -0.4 is 0 Å². The molecule has 0 saturated heterocycles. The van der Waals surface area contributed by atoms with Crippen molar-refractivity contribution in [3.63, 3.8) is 0 Å². The van der Waals surface area contributed by atoms with E-state index in [4.69, 9.17) is 28.6 Å². The van der Waals surface area contributed by atoms with Crippen molar-refractivity contribution in [1.82, 2.24) is 9.55 Å². The van der Waals surface area contributed by atoms with Gasteiger partial charge in [0.25, 0.3) is 0 Å². The van der Waals surface area contributed by atoms with Gasteiger partial charge >= 0.3 is 0 Å². The van der Waals surface area contributed by atoms with Crippen molar-refractivity contribution in [2.45, 2.75) is 12.7 Å². The van der Waals surface area contributed by atoms with E-state index in [9.17, 15) is 5.26 Å². The molecule has 4 rings (SSSR count). The number of allylic oxidation sites excluding steroid dienone is 2. The van der Waals surface area contributed by atoms with E-state index in [1.807, 2.05) is 53.1 Å². The fraction of sp³-hybridized carbons (Fsp3) is 0.0952. The van der Waals surface area contributed by atoms with Crippen molar-refractivity contribution < 1.29 is 4.74 Å². The summed E-state index contributed by atoms with van der Waals surface area (Å²) < 4.78 is 7.91. The number of benzene rings is 2. The molecule has 132 valence electrons. The molecule has 0 aliphatic heterocycles. The van der Waals surface area contributed by atoms with Crippen LogP contribution in [0.5, 0.6) is 0 Å². The van der Waals surface area contributed by atoms with E-state index in [0.717, 1.165) is 22.3 Å².